The van der Waals surface area contributed by atoms with Crippen LogP contribution in [0.5, 0.6) is 0 Å². The van der Waals surface area contributed by atoms with E-state index in [1.807, 2.05) is 11.0 Å². The Morgan fingerprint density at radius 3 is 3.27 bits per heavy atom. The lowest BCUT2D eigenvalue weighted by molar-refractivity contribution is -0.130. The summed E-state index contributed by atoms with van der Waals surface area (Å²) < 4.78 is 0. The number of nitrogens with zero attached hydrogens (tertiary/aromatic N) is 2. The summed E-state index contributed by atoms with van der Waals surface area (Å²) in [6.07, 6.45) is 3.89. The molecule has 1 unspecified atom stereocenters. The lowest BCUT2D eigenvalue weighted by Gasteiger charge is -2.31. The van der Waals surface area contributed by atoms with Crippen LogP contribution >= 0.6 is 0 Å². The molecule has 2 rings (SSSR count). The highest BCUT2D eigenvalue weighted by atomic mass is 16.2. The highest BCUT2D eigenvalue weighted by Gasteiger charge is 2.24. The van der Waals surface area contributed by atoms with Crippen LogP contribution < -0.4 is 5.73 Å². The smallest absolute Gasteiger partial charge is 0.236 e. The second-order valence-corrected chi connectivity index (χ2v) is 3.90. The summed E-state index contributed by atoms with van der Waals surface area (Å²) in [7, 11) is 0. The number of likely N-dealkylation sites (tertiary alicyclic amines) is 1. The average Bonchev–Trinajstić information content (AvgIpc) is 2.82. The Kier molecular flexibility index (Phi) is 3.01. The van der Waals surface area contributed by atoms with Crippen molar-refractivity contribution in [3.05, 3.63) is 18.0 Å². The largest absolute Gasteiger partial charge is 0.341 e. The van der Waals surface area contributed by atoms with Crippen molar-refractivity contribution in [3.8, 4) is 0 Å². The van der Waals surface area contributed by atoms with E-state index in [0.29, 0.717) is 5.92 Å². The van der Waals surface area contributed by atoms with E-state index in [2.05, 4.69) is 10.2 Å². The van der Waals surface area contributed by atoms with Crippen LogP contribution in [0.3, 0.4) is 0 Å². The van der Waals surface area contributed by atoms with Gasteiger partial charge in [-0.05, 0) is 18.9 Å². The first-order chi connectivity index (χ1) is 7.31. The van der Waals surface area contributed by atoms with E-state index in [-0.39, 0.29) is 12.5 Å². The minimum Gasteiger partial charge on any atom is -0.341 e. The van der Waals surface area contributed by atoms with Gasteiger partial charge in [-0.25, -0.2) is 0 Å². The van der Waals surface area contributed by atoms with E-state index in [1.165, 1.54) is 0 Å². The minimum atomic E-state index is 0.0409. The maximum Gasteiger partial charge on any atom is 0.236 e. The molecular weight excluding hydrogens is 192 g/mol. The van der Waals surface area contributed by atoms with Crippen LogP contribution in [0.15, 0.2) is 12.3 Å². The number of piperidine rings is 1. The molecule has 1 amide bonds. The molecule has 1 aromatic rings. The molecule has 82 valence electrons. The van der Waals surface area contributed by atoms with Crippen LogP contribution in [0.2, 0.25) is 0 Å². The molecule has 1 aromatic heterocycles. The lowest BCUT2D eigenvalue weighted by Crippen LogP contribution is -2.42. The number of aromatic amines is 1. The molecule has 0 spiro atoms. The van der Waals surface area contributed by atoms with Gasteiger partial charge in [-0.1, -0.05) is 0 Å². The number of aromatic nitrogens is 2. The fourth-order valence-electron chi connectivity index (χ4n) is 2.08. The Labute approximate surface area is 88.6 Å². The molecule has 1 fully saturated rings. The zero-order valence-electron chi connectivity index (χ0n) is 8.65. The molecule has 0 aromatic carbocycles. The summed E-state index contributed by atoms with van der Waals surface area (Å²) in [5.74, 6) is 0.427. The van der Waals surface area contributed by atoms with Crippen molar-refractivity contribution < 1.29 is 4.79 Å². The van der Waals surface area contributed by atoms with Gasteiger partial charge < -0.3 is 10.6 Å². The Hall–Kier alpha value is -1.36. The normalized spacial score (nSPS) is 21.7. The van der Waals surface area contributed by atoms with Gasteiger partial charge in [0.25, 0.3) is 0 Å². The number of rotatable bonds is 2. The number of H-pyrrole nitrogens is 1. The zero-order chi connectivity index (χ0) is 10.7. The fourth-order valence-corrected chi connectivity index (χ4v) is 2.08. The summed E-state index contributed by atoms with van der Waals surface area (Å²) in [6, 6.07) is 1.97. The lowest BCUT2D eigenvalue weighted by atomic mass is 9.95. The summed E-state index contributed by atoms with van der Waals surface area (Å²) in [5.41, 5.74) is 6.47. The highest BCUT2D eigenvalue weighted by molar-refractivity contribution is 5.78. The van der Waals surface area contributed by atoms with Crippen LogP contribution in [0.4, 0.5) is 0 Å². The number of hydrogen-bond acceptors (Lipinski definition) is 3. The van der Waals surface area contributed by atoms with Gasteiger partial charge >= 0.3 is 0 Å². The number of carbonyl (C=O) groups is 1. The third-order valence-electron chi connectivity index (χ3n) is 2.91. The molecular formula is C10H16N4O. The summed E-state index contributed by atoms with van der Waals surface area (Å²) in [4.78, 5) is 13.3. The first-order valence-corrected chi connectivity index (χ1v) is 5.28. The predicted molar refractivity (Wildman–Crippen MR) is 56.2 cm³/mol. The average molecular weight is 208 g/mol. The molecule has 2 heterocycles. The quantitative estimate of drug-likeness (QED) is 0.722. The van der Waals surface area contributed by atoms with E-state index in [0.717, 1.165) is 31.6 Å². The first-order valence-electron chi connectivity index (χ1n) is 5.28. The maximum absolute atomic E-state index is 11.5. The monoisotopic (exact) mass is 208 g/mol. The van der Waals surface area contributed by atoms with Crippen molar-refractivity contribution >= 4 is 5.91 Å². The first kappa shape index (κ1) is 10.2. The number of nitrogens with one attached hydrogen (secondary N) is 1. The van der Waals surface area contributed by atoms with Crippen molar-refractivity contribution in [2.75, 3.05) is 19.6 Å². The molecule has 1 aliphatic heterocycles. The number of hydrogen-bond donors (Lipinski definition) is 2. The van der Waals surface area contributed by atoms with Gasteiger partial charge in [0, 0.05) is 30.9 Å². The van der Waals surface area contributed by atoms with Gasteiger partial charge in [0.2, 0.25) is 5.91 Å². The maximum atomic E-state index is 11.5. The molecule has 1 saturated heterocycles. The second-order valence-electron chi connectivity index (χ2n) is 3.90. The second kappa shape index (κ2) is 4.44. The molecule has 0 bridgehead atoms. The molecule has 3 N–H and O–H groups in total. The molecule has 5 heteroatoms. The van der Waals surface area contributed by atoms with E-state index in [9.17, 15) is 4.79 Å². The molecule has 5 nitrogen and oxygen atoms in total. The summed E-state index contributed by atoms with van der Waals surface area (Å²) in [6.45, 7) is 1.70. The van der Waals surface area contributed by atoms with Crippen LogP contribution in [0.25, 0.3) is 0 Å². The number of amides is 1. The third-order valence-corrected chi connectivity index (χ3v) is 2.91. The highest BCUT2D eigenvalue weighted by Crippen LogP contribution is 2.24. The summed E-state index contributed by atoms with van der Waals surface area (Å²) >= 11 is 0. The SMILES string of the molecule is NCC(=O)N1CCCC(c2ccn[nH]2)C1. The van der Waals surface area contributed by atoms with E-state index in [1.54, 1.807) is 6.20 Å². The van der Waals surface area contributed by atoms with Crippen molar-refractivity contribution in [1.29, 1.82) is 0 Å². The van der Waals surface area contributed by atoms with Gasteiger partial charge in [0.05, 0.1) is 6.54 Å². The number of carbonyl (C=O) groups excluding carboxylic acids is 1. The predicted octanol–water partition coefficient (Wildman–Crippen LogP) is 0.0744. The Morgan fingerprint density at radius 2 is 2.60 bits per heavy atom. The van der Waals surface area contributed by atoms with Crippen LogP contribution in [-0.4, -0.2) is 40.6 Å². The van der Waals surface area contributed by atoms with Gasteiger partial charge in [-0.2, -0.15) is 5.10 Å². The van der Waals surface area contributed by atoms with Crippen LogP contribution in [0.1, 0.15) is 24.5 Å². The van der Waals surface area contributed by atoms with E-state index in [4.69, 9.17) is 5.73 Å². The number of nitrogens with two attached hydrogens (primary N) is 1. The van der Waals surface area contributed by atoms with E-state index < -0.39 is 0 Å². The Bertz CT molecular complexity index is 322. The standard InChI is InChI=1S/C10H16N4O/c11-6-10(15)14-5-1-2-8(7-14)9-3-4-12-13-9/h3-4,8H,1-2,5-7,11H2,(H,12,13). The Balaban J connectivity index is 2.01. The zero-order valence-corrected chi connectivity index (χ0v) is 8.65. The van der Waals surface area contributed by atoms with Crippen LogP contribution in [-0.2, 0) is 4.79 Å². The molecule has 15 heavy (non-hydrogen) atoms. The van der Waals surface area contributed by atoms with Gasteiger partial charge in [-0.15, -0.1) is 0 Å². The minimum absolute atomic E-state index is 0.0409. The van der Waals surface area contributed by atoms with Gasteiger partial charge in [0.15, 0.2) is 0 Å². The van der Waals surface area contributed by atoms with Crippen molar-refractivity contribution in [2.45, 2.75) is 18.8 Å². The molecule has 1 atom stereocenters. The topological polar surface area (TPSA) is 75.0 Å². The molecule has 0 aliphatic carbocycles. The molecule has 0 radical (unpaired) electrons. The van der Waals surface area contributed by atoms with Crippen molar-refractivity contribution in [2.24, 2.45) is 5.73 Å². The summed E-state index contributed by atoms with van der Waals surface area (Å²) in [5, 5.41) is 6.90. The third kappa shape index (κ3) is 2.18. The molecule has 1 aliphatic rings. The van der Waals surface area contributed by atoms with Gasteiger partial charge in [0.1, 0.15) is 0 Å². The van der Waals surface area contributed by atoms with Crippen molar-refractivity contribution in [1.82, 2.24) is 15.1 Å². The Morgan fingerprint density at radius 1 is 1.73 bits per heavy atom. The van der Waals surface area contributed by atoms with Crippen LogP contribution in [0, 0.1) is 0 Å². The molecule has 0 saturated carbocycles. The fraction of sp³-hybridized carbons (Fsp3) is 0.600. The van der Waals surface area contributed by atoms with E-state index >= 15 is 0 Å². The van der Waals surface area contributed by atoms with Crippen molar-refractivity contribution in [3.63, 3.8) is 0 Å². The van der Waals surface area contributed by atoms with Gasteiger partial charge in [-0.3, -0.25) is 9.89 Å².